The van der Waals surface area contributed by atoms with Crippen LogP contribution in [0.1, 0.15) is 47.5 Å². The third kappa shape index (κ3) is 6.80. The van der Waals surface area contributed by atoms with Gasteiger partial charge in [0.05, 0.1) is 6.61 Å². The minimum Gasteiger partial charge on any atom is -0.352 e. The van der Waals surface area contributed by atoms with Crippen LogP contribution >= 0.6 is 0 Å². The molecule has 0 aliphatic heterocycles. The molecule has 0 saturated carbocycles. The van der Waals surface area contributed by atoms with Gasteiger partial charge in [0.2, 0.25) is 5.91 Å². The summed E-state index contributed by atoms with van der Waals surface area (Å²) >= 11 is 0. The quantitative estimate of drug-likeness (QED) is 0.626. The molecule has 1 atom stereocenters. The third-order valence-electron chi connectivity index (χ3n) is 2.40. The Labute approximate surface area is 99.1 Å². The number of hydroxylamine groups is 1. The summed E-state index contributed by atoms with van der Waals surface area (Å²) in [6.45, 7) is 10.7. The van der Waals surface area contributed by atoms with Gasteiger partial charge in [-0.1, -0.05) is 27.7 Å². The van der Waals surface area contributed by atoms with Crippen LogP contribution in [0, 0.1) is 5.92 Å². The SMILES string of the molecule is CCC(CC)NC(=O)C(C)NOCC(C)C. The Morgan fingerprint density at radius 1 is 1.19 bits per heavy atom. The van der Waals surface area contributed by atoms with Crippen LogP contribution < -0.4 is 10.8 Å². The van der Waals surface area contributed by atoms with Gasteiger partial charge in [0.15, 0.2) is 0 Å². The number of hydrogen-bond acceptors (Lipinski definition) is 3. The summed E-state index contributed by atoms with van der Waals surface area (Å²) in [4.78, 5) is 16.9. The molecule has 0 bridgehead atoms. The molecule has 0 aromatic heterocycles. The third-order valence-corrected chi connectivity index (χ3v) is 2.40. The van der Waals surface area contributed by atoms with Crippen LogP contribution in [0.5, 0.6) is 0 Å². The van der Waals surface area contributed by atoms with Crippen LogP contribution in [-0.4, -0.2) is 24.6 Å². The van der Waals surface area contributed by atoms with Gasteiger partial charge in [-0.05, 0) is 25.7 Å². The van der Waals surface area contributed by atoms with Crippen molar-refractivity contribution < 1.29 is 9.63 Å². The van der Waals surface area contributed by atoms with E-state index in [1.165, 1.54) is 0 Å². The molecule has 0 aliphatic rings. The van der Waals surface area contributed by atoms with Crippen molar-refractivity contribution in [3.8, 4) is 0 Å². The second-order valence-corrected chi connectivity index (χ2v) is 4.57. The Bertz CT molecular complexity index is 191. The maximum Gasteiger partial charge on any atom is 0.239 e. The van der Waals surface area contributed by atoms with Crippen LogP contribution in [0.3, 0.4) is 0 Å². The molecular weight excluding hydrogens is 204 g/mol. The number of carbonyl (C=O) groups excluding carboxylic acids is 1. The Morgan fingerprint density at radius 3 is 2.19 bits per heavy atom. The summed E-state index contributed by atoms with van der Waals surface area (Å²) in [7, 11) is 0. The van der Waals surface area contributed by atoms with Gasteiger partial charge in [-0.25, -0.2) is 0 Å². The highest BCUT2D eigenvalue weighted by Crippen LogP contribution is 1.97. The van der Waals surface area contributed by atoms with E-state index in [-0.39, 0.29) is 18.0 Å². The lowest BCUT2D eigenvalue weighted by molar-refractivity contribution is -0.128. The van der Waals surface area contributed by atoms with Crippen LogP contribution in [0.25, 0.3) is 0 Å². The first-order chi connectivity index (χ1) is 7.51. The van der Waals surface area contributed by atoms with Gasteiger partial charge in [-0.3, -0.25) is 4.79 Å². The largest absolute Gasteiger partial charge is 0.352 e. The molecule has 1 amide bonds. The molecule has 0 aromatic rings. The lowest BCUT2D eigenvalue weighted by Gasteiger charge is -2.19. The number of carbonyl (C=O) groups is 1. The highest BCUT2D eigenvalue weighted by Gasteiger charge is 2.15. The fraction of sp³-hybridized carbons (Fsp3) is 0.917. The Kier molecular flexibility index (Phi) is 8.21. The standard InChI is InChI=1S/C12H26N2O2/c1-6-11(7-2)13-12(15)10(5)14-16-8-9(3)4/h9-11,14H,6-8H2,1-5H3,(H,13,15). The maximum atomic E-state index is 11.7. The van der Waals surface area contributed by atoms with E-state index in [4.69, 9.17) is 4.84 Å². The van der Waals surface area contributed by atoms with Crippen molar-refractivity contribution in [3.05, 3.63) is 0 Å². The summed E-state index contributed by atoms with van der Waals surface area (Å²) < 4.78 is 0. The Morgan fingerprint density at radius 2 is 1.75 bits per heavy atom. The summed E-state index contributed by atoms with van der Waals surface area (Å²) in [6.07, 6.45) is 1.92. The van der Waals surface area contributed by atoms with Crippen LogP contribution in [0.4, 0.5) is 0 Å². The normalized spacial score (nSPS) is 13.2. The van der Waals surface area contributed by atoms with Gasteiger partial charge in [-0.2, -0.15) is 5.48 Å². The first-order valence-corrected chi connectivity index (χ1v) is 6.18. The summed E-state index contributed by atoms with van der Waals surface area (Å²) in [5, 5.41) is 2.97. The summed E-state index contributed by atoms with van der Waals surface area (Å²) in [5.74, 6) is 0.458. The summed E-state index contributed by atoms with van der Waals surface area (Å²) in [6, 6.07) is -0.0406. The molecule has 0 aliphatic carbocycles. The van der Waals surface area contributed by atoms with Gasteiger partial charge < -0.3 is 10.2 Å². The molecule has 2 N–H and O–H groups in total. The lowest BCUT2D eigenvalue weighted by Crippen LogP contribution is -2.46. The van der Waals surface area contributed by atoms with E-state index in [2.05, 4.69) is 38.5 Å². The van der Waals surface area contributed by atoms with E-state index in [1.54, 1.807) is 6.92 Å². The smallest absolute Gasteiger partial charge is 0.239 e. The fourth-order valence-corrected chi connectivity index (χ4v) is 1.21. The van der Waals surface area contributed by atoms with E-state index in [0.717, 1.165) is 12.8 Å². The Balaban J connectivity index is 3.80. The summed E-state index contributed by atoms with van der Waals surface area (Å²) in [5.41, 5.74) is 2.76. The highest BCUT2D eigenvalue weighted by atomic mass is 16.6. The molecule has 0 fully saturated rings. The first-order valence-electron chi connectivity index (χ1n) is 6.18. The van der Waals surface area contributed by atoms with Crippen LogP contribution in [0.2, 0.25) is 0 Å². The second kappa shape index (κ2) is 8.53. The van der Waals surface area contributed by atoms with E-state index in [9.17, 15) is 4.79 Å². The molecule has 0 heterocycles. The molecule has 0 saturated heterocycles. The zero-order chi connectivity index (χ0) is 12.6. The Hall–Kier alpha value is -0.610. The molecule has 0 aromatic carbocycles. The van der Waals surface area contributed by atoms with Gasteiger partial charge >= 0.3 is 0 Å². The molecule has 96 valence electrons. The highest BCUT2D eigenvalue weighted by molar-refractivity contribution is 5.81. The molecule has 4 heteroatoms. The molecule has 4 nitrogen and oxygen atoms in total. The maximum absolute atomic E-state index is 11.7. The first kappa shape index (κ1) is 15.4. The van der Waals surface area contributed by atoms with Gasteiger partial charge in [0.25, 0.3) is 0 Å². The predicted molar refractivity (Wildman–Crippen MR) is 65.9 cm³/mol. The van der Waals surface area contributed by atoms with Crippen molar-refractivity contribution >= 4 is 5.91 Å². The van der Waals surface area contributed by atoms with E-state index in [1.807, 2.05) is 0 Å². The molecule has 1 unspecified atom stereocenters. The van der Waals surface area contributed by atoms with Crippen molar-refractivity contribution in [1.29, 1.82) is 0 Å². The minimum atomic E-state index is -0.306. The second-order valence-electron chi connectivity index (χ2n) is 4.57. The number of amides is 1. The average molecular weight is 230 g/mol. The van der Waals surface area contributed by atoms with Gasteiger partial charge in [0.1, 0.15) is 6.04 Å². The zero-order valence-corrected chi connectivity index (χ0v) is 11.2. The van der Waals surface area contributed by atoms with E-state index in [0.29, 0.717) is 12.5 Å². The number of hydrogen-bond donors (Lipinski definition) is 2. The number of rotatable bonds is 8. The van der Waals surface area contributed by atoms with Gasteiger partial charge in [0, 0.05) is 6.04 Å². The van der Waals surface area contributed by atoms with Crippen molar-refractivity contribution in [2.24, 2.45) is 5.92 Å². The van der Waals surface area contributed by atoms with Crippen molar-refractivity contribution in [3.63, 3.8) is 0 Å². The van der Waals surface area contributed by atoms with Gasteiger partial charge in [-0.15, -0.1) is 0 Å². The fourth-order valence-electron chi connectivity index (χ4n) is 1.21. The molecule has 0 radical (unpaired) electrons. The zero-order valence-electron chi connectivity index (χ0n) is 11.2. The van der Waals surface area contributed by atoms with Crippen LogP contribution in [-0.2, 0) is 9.63 Å². The monoisotopic (exact) mass is 230 g/mol. The van der Waals surface area contributed by atoms with E-state index < -0.39 is 0 Å². The minimum absolute atomic E-state index is 0.00236. The lowest BCUT2D eigenvalue weighted by atomic mass is 10.1. The average Bonchev–Trinajstić information content (AvgIpc) is 2.24. The topological polar surface area (TPSA) is 50.4 Å². The molecule has 16 heavy (non-hydrogen) atoms. The predicted octanol–water partition coefficient (Wildman–Crippen LogP) is 1.86. The number of nitrogens with one attached hydrogen (secondary N) is 2. The molecule has 0 spiro atoms. The van der Waals surface area contributed by atoms with Crippen LogP contribution in [0.15, 0.2) is 0 Å². The van der Waals surface area contributed by atoms with Crippen molar-refractivity contribution in [1.82, 2.24) is 10.8 Å². The molecule has 0 rings (SSSR count). The molecular formula is C12H26N2O2. The van der Waals surface area contributed by atoms with Crippen molar-refractivity contribution in [2.45, 2.75) is 59.5 Å². The van der Waals surface area contributed by atoms with E-state index >= 15 is 0 Å². The van der Waals surface area contributed by atoms with Crippen molar-refractivity contribution in [2.75, 3.05) is 6.61 Å².